The van der Waals surface area contributed by atoms with E-state index in [1.165, 1.54) is 0 Å². The van der Waals surface area contributed by atoms with Crippen molar-refractivity contribution in [2.45, 2.75) is 13.8 Å². The summed E-state index contributed by atoms with van der Waals surface area (Å²) in [7, 11) is 0. The third kappa shape index (κ3) is 5.60. The van der Waals surface area contributed by atoms with E-state index < -0.39 is 6.03 Å². The number of hydrogen-bond donors (Lipinski definition) is 4. The van der Waals surface area contributed by atoms with E-state index in [4.69, 9.17) is 9.47 Å². The van der Waals surface area contributed by atoms with Crippen molar-refractivity contribution in [3.63, 3.8) is 0 Å². The summed E-state index contributed by atoms with van der Waals surface area (Å²) in [4.78, 5) is 11.7. The second-order valence-corrected chi connectivity index (χ2v) is 4.74. The Bertz CT molecular complexity index is 574. The van der Waals surface area contributed by atoms with Crippen molar-refractivity contribution in [3.8, 4) is 11.5 Å². The van der Waals surface area contributed by atoms with Crippen LogP contribution in [0.1, 0.15) is 13.8 Å². The number of benzene rings is 2. The minimum absolute atomic E-state index is 0.419. The fourth-order valence-corrected chi connectivity index (χ4v) is 1.89. The van der Waals surface area contributed by atoms with Crippen molar-refractivity contribution in [1.29, 1.82) is 0 Å². The summed E-state index contributed by atoms with van der Waals surface area (Å²) in [6, 6.07) is 14.1. The number of hydrogen-bond acceptors (Lipinski definition) is 5. The van der Waals surface area contributed by atoms with E-state index in [1.807, 2.05) is 62.4 Å². The standard InChI is InChI=1S/C17H22N4O3/c1-3-23-15-9-5-13(6-10-15)18-20-17(22)21-19-14-7-11-16(12-8-14)24-4-2/h5-12,18-19H,3-4H2,1-2H3,(H2,20,21,22). The van der Waals surface area contributed by atoms with Crippen LogP contribution in [-0.2, 0) is 0 Å². The minimum Gasteiger partial charge on any atom is -0.494 e. The third-order valence-corrected chi connectivity index (χ3v) is 2.97. The molecule has 0 aliphatic heterocycles. The number of carbonyl (C=O) groups excluding carboxylic acids is 1. The molecule has 0 bridgehead atoms. The van der Waals surface area contributed by atoms with Crippen molar-refractivity contribution < 1.29 is 14.3 Å². The molecule has 0 unspecified atom stereocenters. The van der Waals surface area contributed by atoms with E-state index in [9.17, 15) is 4.79 Å². The first-order chi connectivity index (χ1) is 11.7. The van der Waals surface area contributed by atoms with Crippen molar-refractivity contribution in [3.05, 3.63) is 48.5 Å². The zero-order chi connectivity index (χ0) is 17.2. The summed E-state index contributed by atoms with van der Waals surface area (Å²) in [5, 5.41) is 0. The minimum atomic E-state index is -0.419. The van der Waals surface area contributed by atoms with Gasteiger partial charge in [-0.15, -0.1) is 0 Å². The lowest BCUT2D eigenvalue weighted by Gasteiger charge is -2.12. The third-order valence-electron chi connectivity index (χ3n) is 2.97. The Hall–Kier alpha value is -3.09. The maximum atomic E-state index is 11.7. The summed E-state index contributed by atoms with van der Waals surface area (Å²) in [6.07, 6.45) is 0. The quantitative estimate of drug-likeness (QED) is 0.559. The first-order valence-electron chi connectivity index (χ1n) is 7.75. The van der Waals surface area contributed by atoms with Gasteiger partial charge in [0.05, 0.1) is 24.6 Å². The first kappa shape index (κ1) is 17.3. The largest absolute Gasteiger partial charge is 0.494 e. The Kier molecular flexibility index (Phi) is 6.58. The predicted molar refractivity (Wildman–Crippen MR) is 94.1 cm³/mol. The van der Waals surface area contributed by atoms with E-state index in [0.717, 1.165) is 22.9 Å². The number of hydrazine groups is 2. The lowest BCUT2D eigenvalue weighted by atomic mass is 10.3. The van der Waals surface area contributed by atoms with E-state index in [2.05, 4.69) is 21.7 Å². The average molecular weight is 330 g/mol. The molecule has 2 rings (SSSR count). The van der Waals surface area contributed by atoms with Crippen LogP contribution < -0.4 is 31.2 Å². The van der Waals surface area contributed by atoms with Crippen LogP contribution in [0.5, 0.6) is 11.5 Å². The van der Waals surface area contributed by atoms with Gasteiger partial charge >= 0.3 is 6.03 Å². The van der Waals surface area contributed by atoms with Gasteiger partial charge in [0, 0.05) is 0 Å². The average Bonchev–Trinajstić information content (AvgIpc) is 2.61. The van der Waals surface area contributed by atoms with Crippen LogP contribution in [0.2, 0.25) is 0 Å². The number of anilines is 2. The number of ether oxygens (including phenoxy) is 2. The van der Waals surface area contributed by atoms with Crippen LogP contribution in [0, 0.1) is 0 Å². The maximum Gasteiger partial charge on any atom is 0.352 e. The number of nitrogens with one attached hydrogen (secondary N) is 4. The van der Waals surface area contributed by atoms with Crippen LogP contribution in [0.3, 0.4) is 0 Å². The Balaban J connectivity index is 1.72. The van der Waals surface area contributed by atoms with E-state index in [-0.39, 0.29) is 0 Å². The molecule has 0 saturated carbocycles. The second-order valence-electron chi connectivity index (χ2n) is 4.74. The lowest BCUT2D eigenvalue weighted by molar-refractivity contribution is 0.244. The summed E-state index contributed by atoms with van der Waals surface area (Å²) in [5.41, 5.74) is 12.1. The van der Waals surface area contributed by atoms with Crippen LogP contribution in [0.4, 0.5) is 16.2 Å². The zero-order valence-corrected chi connectivity index (χ0v) is 13.8. The molecule has 7 nitrogen and oxygen atoms in total. The van der Waals surface area contributed by atoms with Gasteiger partial charge in [0.15, 0.2) is 0 Å². The monoisotopic (exact) mass is 330 g/mol. The van der Waals surface area contributed by atoms with Gasteiger partial charge in [-0.3, -0.25) is 21.7 Å². The van der Waals surface area contributed by atoms with Crippen molar-refractivity contribution in [2.24, 2.45) is 0 Å². The number of carbonyl (C=O) groups is 1. The van der Waals surface area contributed by atoms with Crippen LogP contribution in [-0.4, -0.2) is 19.2 Å². The van der Waals surface area contributed by atoms with Gasteiger partial charge in [-0.2, -0.15) is 0 Å². The Morgan fingerprint density at radius 1 is 0.750 bits per heavy atom. The van der Waals surface area contributed by atoms with Crippen LogP contribution in [0.15, 0.2) is 48.5 Å². The molecule has 2 aromatic rings. The fourth-order valence-electron chi connectivity index (χ4n) is 1.89. The molecular formula is C17H22N4O3. The molecule has 0 aliphatic rings. The van der Waals surface area contributed by atoms with Gasteiger partial charge in [-0.1, -0.05) is 0 Å². The van der Waals surface area contributed by atoms with Gasteiger partial charge in [-0.05, 0) is 62.4 Å². The molecule has 0 saturated heterocycles. The van der Waals surface area contributed by atoms with Gasteiger partial charge in [0.25, 0.3) is 0 Å². The topological polar surface area (TPSA) is 83.7 Å². The highest BCUT2D eigenvalue weighted by molar-refractivity contribution is 5.77. The van der Waals surface area contributed by atoms with Crippen molar-refractivity contribution in [1.82, 2.24) is 10.9 Å². The van der Waals surface area contributed by atoms with E-state index in [0.29, 0.717) is 13.2 Å². The number of rotatable bonds is 8. The van der Waals surface area contributed by atoms with Crippen LogP contribution >= 0.6 is 0 Å². The van der Waals surface area contributed by atoms with Crippen molar-refractivity contribution >= 4 is 17.4 Å². The highest BCUT2D eigenvalue weighted by Gasteiger charge is 2.00. The molecule has 2 amide bonds. The molecule has 0 atom stereocenters. The molecule has 2 aromatic carbocycles. The Morgan fingerprint density at radius 3 is 1.46 bits per heavy atom. The molecule has 0 heterocycles. The fraction of sp³-hybridized carbons (Fsp3) is 0.235. The summed E-state index contributed by atoms with van der Waals surface area (Å²) >= 11 is 0. The molecule has 128 valence electrons. The number of amides is 2. The van der Waals surface area contributed by atoms with Gasteiger partial charge in [-0.25, -0.2) is 4.79 Å². The molecule has 0 aliphatic carbocycles. The van der Waals surface area contributed by atoms with Gasteiger partial charge in [0.2, 0.25) is 0 Å². The molecule has 7 heteroatoms. The van der Waals surface area contributed by atoms with E-state index >= 15 is 0 Å². The van der Waals surface area contributed by atoms with E-state index in [1.54, 1.807) is 0 Å². The smallest absolute Gasteiger partial charge is 0.352 e. The molecule has 0 aromatic heterocycles. The molecular weight excluding hydrogens is 308 g/mol. The van der Waals surface area contributed by atoms with Crippen LogP contribution in [0.25, 0.3) is 0 Å². The molecule has 24 heavy (non-hydrogen) atoms. The highest BCUT2D eigenvalue weighted by Crippen LogP contribution is 2.15. The number of urea groups is 1. The zero-order valence-electron chi connectivity index (χ0n) is 13.8. The normalized spacial score (nSPS) is 9.75. The SMILES string of the molecule is CCOc1ccc(NNC(=O)NNc2ccc(OCC)cc2)cc1. The second kappa shape index (κ2) is 9.14. The summed E-state index contributed by atoms with van der Waals surface area (Å²) in [5.74, 6) is 1.56. The molecule has 4 N–H and O–H groups in total. The lowest BCUT2D eigenvalue weighted by Crippen LogP contribution is -2.41. The van der Waals surface area contributed by atoms with Crippen molar-refractivity contribution in [2.75, 3.05) is 24.1 Å². The Morgan fingerprint density at radius 2 is 1.12 bits per heavy atom. The summed E-state index contributed by atoms with van der Waals surface area (Å²) in [6.45, 7) is 5.08. The first-order valence-corrected chi connectivity index (χ1v) is 7.75. The van der Waals surface area contributed by atoms with Gasteiger partial charge in [0.1, 0.15) is 11.5 Å². The van der Waals surface area contributed by atoms with Gasteiger partial charge < -0.3 is 9.47 Å². The summed E-state index contributed by atoms with van der Waals surface area (Å²) < 4.78 is 10.7. The molecule has 0 radical (unpaired) electrons. The molecule has 0 fully saturated rings. The predicted octanol–water partition coefficient (Wildman–Crippen LogP) is 3.14. The molecule has 0 spiro atoms. The Labute approximate surface area is 141 Å². The highest BCUT2D eigenvalue weighted by atomic mass is 16.5. The maximum absolute atomic E-state index is 11.7.